The van der Waals surface area contributed by atoms with Crippen molar-refractivity contribution in [3.05, 3.63) is 0 Å². The van der Waals surface area contributed by atoms with E-state index in [9.17, 15) is 0 Å². The molecule has 0 amide bonds. The highest BCUT2D eigenvalue weighted by Gasteiger charge is 2.22. The second kappa shape index (κ2) is 12.6. The van der Waals surface area contributed by atoms with Crippen LogP contribution in [0.4, 0.5) is 0 Å². The van der Waals surface area contributed by atoms with Crippen LogP contribution in [0.1, 0.15) is 33.1 Å². The monoisotopic (exact) mass is 398 g/mol. The van der Waals surface area contributed by atoms with Gasteiger partial charge in [0, 0.05) is 32.8 Å². The van der Waals surface area contributed by atoms with Gasteiger partial charge in [-0.15, -0.1) is 24.0 Å². The molecule has 5 nitrogen and oxygen atoms in total. The van der Waals surface area contributed by atoms with Gasteiger partial charge in [-0.1, -0.05) is 6.92 Å². The molecule has 1 atom stereocenters. The van der Waals surface area contributed by atoms with Crippen molar-refractivity contribution < 1.29 is 4.74 Å². The van der Waals surface area contributed by atoms with E-state index in [2.05, 4.69) is 29.4 Å². The number of guanidine groups is 1. The molecule has 2 N–H and O–H groups in total. The fraction of sp³-hybridized carbons (Fsp3) is 0.929. The SMILES string of the molecule is CCNC(=NCC1CCCN1CC)NCCCOC.I. The lowest BCUT2D eigenvalue weighted by Crippen LogP contribution is -2.39. The zero-order chi connectivity index (χ0) is 13.9. The smallest absolute Gasteiger partial charge is 0.191 e. The summed E-state index contributed by atoms with van der Waals surface area (Å²) in [6, 6.07) is 0.624. The van der Waals surface area contributed by atoms with E-state index in [1.807, 2.05) is 0 Å². The van der Waals surface area contributed by atoms with Gasteiger partial charge >= 0.3 is 0 Å². The van der Waals surface area contributed by atoms with E-state index < -0.39 is 0 Å². The van der Waals surface area contributed by atoms with Crippen LogP contribution in [0.5, 0.6) is 0 Å². The van der Waals surface area contributed by atoms with Gasteiger partial charge in [0.15, 0.2) is 5.96 Å². The van der Waals surface area contributed by atoms with Crippen LogP contribution in [0.2, 0.25) is 0 Å². The Morgan fingerprint density at radius 1 is 1.35 bits per heavy atom. The highest BCUT2D eigenvalue weighted by Crippen LogP contribution is 2.16. The van der Waals surface area contributed by atoms with E-state index >= 15 is 0 Å². The summed E-state index contributed by atoms with van der Waals surface area (Å²) >= 11 is 0. The van der Waals surface area contributed by atoms with E-state index in [0.717, 1.165) is 45.2 Å². The zero-order valence-corrected chi connectivity index (χ0v) is 15.5. The van der Waals surface area contributed by atoms with Gasteiger partial charge in [0.25, 0.3) is 0 Å². The van der Waals surface area contributed by atoms with Crippen LogP contribution >= 0.6 is 24.0 Å². The van der Waals surface area contributed by atoms with Gasteiger partial charge in [-0.2, -0.15) is 0 Å². The standard InChI is InChI=1S/C14H30N4O.HI/c1-4-15-14(16-9-7-11-19-3)17-12-13-8-6-10-18(13)5-2;/h13H,4-12H2,1-3H3,(H2,15,16,17);1H. The zero-order valence-electron chi connectivity index (χ0n) is 13.2. The van der Waals surface area contributed by atoms with Crippen molar-refractivity contribution in [1.29, 1.82) is 0 Å². The fourth-order valence-corrected chi connectivity index (χ4v) is 2.48. The van der Waals surface area contributed by atoms with Crippen molar-refractivity contribution in [3.8, 4) is 0 Å². The molecular weight excluding hydrogens is 367 g/mol. The Kier molecular flexibility index (Phi) is 12.6. The minimum absolute atomic E-state index is 0. The molecule has 1 fully saturated rings. The summed E-state index contributed by atoms with van der Waals surface area (Å²) in [7, 11) is 1.73. The number of aliphatic imine (C=N–C) groups is 1. The molecule has 0 spiro atoms. The Bertz CT molecular complexity index is 264. The molecular formula is C14H31IN4O. The first-order valence-corrected chi connectivity index (χ1v) is 7.57. The minimum Gasteiger partial charge on any atom is -0.385 e. The van der Waals surface area contributed by atoms with Crippen molar-refractivity contribution in [2.24, 2.45) is 4.99 Å². The number of nitrogens with one attached hydrogen (secondary N) is 2. The summed E-state index contributed by atoms with van der Waals surface area (Å²) in [5, 5.41) is 6.65. The highest BCUT2D eigenvalue weighted by molar-refractivity contribution is 14.0. The van der Waals surface area contributed by atoms with Crippen molar-refractivity contribution >= 4 is 29.9 Å². The van der Waals surface area contributed by atoms with Gasteiger partial charge in [0.05, 0.1) is 6.54 Å². The molecule has 1 aliphatic rings. The molecule has 1 rings (SSSR count). The predicted octanol–water partition coefficient (Wildman–Crippen LogP) is 1.68. The lowest BCUT2D eigenvalue weighted by Gasteiger charge is -2.21. The lowest BCUT2D eigenvalue weighted by molar-refractivity contribution is 0.195. The van der Waals surface area contributed by atoms with E-state index in [-0.39, 0.29) is 24.0 Å². The number of nitrogens with zero attached hydrogens (tertiary/aromatic N) is 2. The van der Waals surface area contributed by atoms with Crippen molar-refractivity contribution in [2.45, 2.75) is 39.2 Å². The Morgan fingerprint density at radius 2 is 2.15 bits per heavy atom. The molecule has 1 unspecified atom stereocenters. The third-order valence-electron chi connectivity index (χ3n) is 3.53. The molecule has 6 heteroatoms. The van der Waals surface area contributed by atoms with Crippen LogP contribution in [0.15, 0.2) is 4.99 Å². The summed E-state index contributed by atoms with van der Waals surface area (Å²) in [5.74, 6) is 0.932. The summed E-state index contributed by atoms with van der Waals surface area (Å²) in [6.45, 7) is 10.2. The van der Waals surface area contributed by atoms with E-state index in [4.69, 9.17) is 9.73 Å². The molecule has 120 valence electrons. The Hall–Kier alpha value is -0.0800. The summed E-state index contributed by atoms with van der Waals surface area (Å²) in [4.78, 5) is 7.23. The molecule has 1 aliphatic heterocycles. The molecule has 1 saturated heterocycles. The van der Waals surface area contributed by atoms with Crippen LogP contribution in [0.3, 0.4) is 0 Å². The second-order valence-corrected chi connectivity index (χ2v) is 4.92. The molecule has 0 aromatic heterocycles. The van der Waals surface area contributed by atoms with Gasteiger partial charge < -0.3 is 15.4 Å². The van der Waals surface area contributed by atoms with Gasteiger partial charge in [-0.3, -0.25) is 9.89 Å². The summed E-state index contributed by atoms with van der Waals surface area (Å²) < 4.78 is 5.05. The molecule has 0 aliphatic carbocycles. The molecule has 1 heterocycles. The quantitative estimate of drug-likeness (QED) is 0.283. The summed E-state index contributed by atoms with van der Waals surface area (Å²) in [5.41, 5.74) is 0. The van der Waals surface area contributed by atoms with Gasteiger partial charge in [0.1, 0.15) is 0 Å². The molecule has 0 aromatic carbocycles. The first kappa shape index (κ1) is 19.9. The van der Waals surface area contributed by atoms with Crippen molar-refractivity contribution in [2.75, 3.05) is 46.4 Å². The number of hydrogen-bond donors (Lipinski definition) is 2. The number of ether oxygens (including phenoxy) is 1. The van der Waals surface area contributed by atoms with Crippen LogP contribution in [-0.2, 0) is 4.74 Å². The highest BCUT2D eigenvalue weighted by atomic mass is 127. The normalized spacial score (nSPS) is 19.8. The third-order valence-corrected chi connectivity index (χ3v) is 3.53. The summed E-state index contributed by atoms with van der Waals surface area (Å²) in [6.07, 6.45) is 3.59. The lowest BCUT2D eigenvalue weighted by atomic mass is 10.2. The van der Waals surface area contributed by atoms with Gasteiger partial charge in [-0.05, 0) is 39.3 Å². The van der Waals surface area contributed by atoms with Crippen LogP contribution in [0, 0.1) is 0 Å². The maximum absolute atomic E-state index is 5.05. The van der Waals surface area contributed by atoms with Crippen LogP contribution < -0.4 is 10.6 Å². The molecule has 0 saturated carbocycles. The Labute approximate surface area is 140 Å². The maximum Gasteiger partial charge on any atom is 0.191 e. The predicted molar refractivity (Wildman–Crippen MR) is 96.2 cm³/mol. The first-order chi connectivity index (χ1) is 9.31. The first-order valence-electron chi connectivity index (χ1n) is 7.57. The molecule has 20 heavy (non-hydrogen) atoms. The number of likely N-dealkylation sites (N-methyl/N-ethyl adjacent to an activating group) is 1. The second-order valence-electron chi connectivity index (χ2n) is 4.92. The third kappa shape index (κ3) is 7.64. The van der Waals surface area contributed by atoms with E-state index in [0.29, 0.717) is 6.04 Å². The number of methoxy groups -OCH3 is 1. The largest absolute Gasteiger partial charge is 0.385 e. The van der Waals surface area contributed by atoms with Crippen molar-refractivity contribution in [3.63, 3.8) is 0 Å². The number of likely N-dealkylation sites (tertiary alicyclic amines) is 1. The fourth-order valence-electron chi connectivity index (χ4n) is 2.48. The van der Waals surface area contributed by atoms with Crippen LogP contribution in [-0.4, -0.2) is 63.3 Å². The Balaban J connectivity index is 0.00000361. The minimum atomic E-state index is 0. The number of rotatable bonds is 8. The number of hydrogen-bond acceptors (Lipinski definition) is 3. The average Bonchev–Trinajstić information content (AvgIpc) is 2.88. The average molecular weight is 398 g/mol. The van der Waals surface area contributed by atoms with Crippen molar-refractivity contribution in [1.82, 2.24) is 15.5 Å². The molecule has 0 bridgehead atoms. The molecule has 0 radical (unpaired) electrons. The topological polar surface area (TPSA) is 48.9 Å². The van der Waals surface area contributed by atoms with E-state index in [1.165, 1.54) is 19.4 Å². The van der Waals surface area contributed by atoms with Gasteiger partial charge in [0.2, 0.25) is 0 Å². The Morgan fingerprint density at radius 3 is 2.80 bits per heavy atom. The van der Waals surface area contributed by atoms with Crippen LogP contribution in [0.25, 0.3) is 0 Å². The van der Waals surface area contributed by atoms with E-state index in [1.54, 1.807) is 7.11 Å². The number of halogens is 1. The molecule has 0 aromatic rings. The van der Waals surface area contributed by atoms with Gasteiger partial charge in [-0.25, -0.2) is 0 Å². The maximum atomic E-state index is 5.05.